The van der Waals surface area contributed by atoms with Crippen molar-refractivity contribution in [3.05, 3.63) is 5.69 Å². The number of aromatic nitrogens is 4. The lowest BCUT2D eigenvalue weighted by molar-refractivity contribution is -0.139. The van der Waals surface area contributed by atoms with E-state index in [1.165, 1.54) is 7.11 Å². The minimum atomic E-state index is -0.500. The zero-order chi connectivity index (χ0) is 15.6. The number of hydrogen-bond acceptors (Lipinski definition) is 7. The monoisotopic (exact) mass is 293 g/mol. The lowest BCUT2D eigenvalue weighted by Crippen LogP contribution is -2.19. The molecule has 0 saturated heterocycles. The normalized spacial score (nSPS) is 10.9. The Bertz CT molecular complexity index is 694. The quantitative estimate of drug-likeness (QED) is 0.694. The van der Waals surface area contributed by atoms with Gasteiger partial charge in [0.15, 0.2) is 5.65 Å². The number of methoxy groups -OCH3 is 1. The van der Waals surface area contributed by atoms with Crippen molar-refractivity contribution in [3.63, 3.8) is 0 Å². The topological polar surface area (TPSA) is 130 Å². The summed E-state index contributed by atoms with van der Waals surface area (Å²) >= 11 is 0. The van der Waals surface area contributed by atoms with E-state index in [0.717, 1.165) is 0 Å². The molecule has 2 aromatic rings. The first-order chi connectivity index (χ1) is 9.92. The number of aromatic hydroxyl groups is 1. The summed E-state index contributed by atoms with van der Waals surface area (Å²) in [5.41, 5.74) is 0.497. The largest absolute Gasteiger partial charge is 0.493 e. The second-order valence-electron chi connectivity index (χ2n) is 4.66. The molecule has 3 N–H and O–H groups in total. The number of rotatable bonds is 4. The molecule has 1 amide bonds. The maximum atomic E-state index is 11.6. The van der Waals surface area contributed by atoms with E-state index in [2.05, 4.69) is 30.2 Å². The average Bonchev–Trinajstić information content (AvgIpc) is 2.81. The fraction of sp³-hybridized carbons (Fsp3) is 0.417. The molecule has 0 aromatic carbocycles. The van der Waals surface area contributed by atoms with Gasteiger partial charge in [-0.2, -0.15) is 15.1 Å². The van der Waals surface area contributed by atoms with Crippen molar-refractivity contribution >= 4 is 28.9 Å². The highest BCUT2D eigenvalue weighted by Crippen LogP contribution is 2.25. The van der Waals surface area contributed by atoms with Crippen LogP contribution in [0.25, 0.3) is 11.0 Å². The Labute approximate surface area is 119 Å². The highest BCUT2D eigenvalue weighted by molar-refractivity contribution is 5.92. The molecule has 0 spiro atoms. The number of esters is 1. The van der Waals surface area contributed by atoms with Gasteiger partial charge in [-0.05, 0) is 0 Å². The molecule has 0 fully saturated rings. The maximum Gasteiger partial charge on any atom is 0.311 e. The molecule has 0 atom stereocenters. The third kappa shape index (κ3) is 3.07. The van der Waals surface area contributed by atoms with Crippen LogP contribution in [0.5, 0.6) is 5.88 Å². The second-order valence-corrected chi connectivity index (χ2v) is 4.66. The number of aromatic amines is 1. The summed E-state index contributed by atoms with van der Waals surface area (Å²) in [4.78, 5) is 30.7. The molecule has 0 saturated carbocycles. The highest BCUT2D eigenvalue weighted by Gasteiger charge is 2.18. The van der Waals surface area contributed by atoms with Crippen molar-refractivity contribution in [2.24, 2.45) is 5.92 Å². The zero-order valence-electron chi connectivity index (χ0n) is 11.8. The number of carbonyl (C=O) groups is 2. The number of fused-ring (bicyclic) bond motifs is 1. The van der Waals surface area contributed by atoms with Crippen LogP contribution in [0.1, 0.15) is 19.5 Å². The van der Waals surface area contributed by atoms with Crippen LogP contribution in [0.4, 0.5) is 5.95 Å². The van der Waals surface area contributed by atoms with Gasteiger partial charge in [0.1, 0.15) is 5.39 Å². The van der Waals surface area contributed by atoms with E-state index < -0.39 is 5.97 Å². The van der Waals surface area contributed by atoms with Crippen LogP contribution in [0.3, 0.4) is 0 Å². The van der Waals surface area contributed by atoms with Crippen LogP contribution in [-0.2, 0) is 20.7 Å². The van der Waals surface area contributed by atoms with E-state index >= 15 is 0 Å². The van der Waals surface area contributed by atoms with Gasteiger partial charge in [0, 0.05) is 5.92 Å². The summed E-state index contributed by atoms with van der Waals surface area (Å²) in [6.07, 6.45) is -0.120. The van der Waals surface area contributed by atoms with E-state index in [0.29, 0.717) is 0 Å². The molecule has 0 bridgehead atoms. The number of hydrogen-bond donors (Lipinski definition) is 3. The van der Waals surface area contributed by atoms with Gasteiger partial charge in [-0.25, -0.2) is 0 Å². The standard InChI is InChI=1S/C12H15N5O4/c1-5(2)10(19)14-12-13-9-8(11(20)15-12)6(16-17-9)4-7(18)21-3/h5H,4H2,1-3H3,(H3,13,14,15,16,17,19,20). The number of ether oxygens (including phenoxy) is 1. The fourth-order valence-electron chi connectivity index (χ4n) is 1.62. The number of amides is 1. The number of nitrogens with one attached hydrogen (secondary N) is 2. The van der Waals surface area contributed by atoms with E-state index in [1.807, 2.05) is 0 Å². The first-order valence-electron chi connectivity index (χ1n) is 6.24. The molecule has 0 radical (unpaired) electrons. The Morgan fingerprint density at radius 2 is 2.10 bits per heavy atom. The fourth-order valence-corrected chi connectivity index (χ4v) is 1.62. The third-order valence-electron chi connectivity index (χ3n) is 2.77. The van der Waals surface area contributed by atoms with Crippen LogP contribution in [-0.4, -0.2) is 44.3 Å². The molecule has 21 heavy (non-hydrogen) atoms. The summed E-state index contributed by atoms with van der Waals surface area (Å²) in [7, 11) is 1.26. The Morgan fingerprint density at radius 3 is 2.71 bits per heavy atom. The van der Waals surface area contributed by atoms with Gasteiger partial charge in [-0.1, -0.05) is 13.8 Å². The van der Waals surface area contributed by atoms with Crippen molar-refractivity contribution in [3.8, 4) is 5.88 Å². The molecular weight excluding hydrogens is 278 g/mol. The minimum absolute atomic E-state index is 0.0352. The number of nitrogens with zero attached hydrogens (tertiary/aromatic N) is 3. The van der Waals surface area contributed by atoms with Gasteiger partial charge in [0.05, 0.1) is 19.2 Å². The van der Waals surface area contributed by atoms with Crippen molar-refractivity contribution in [2.75, 3.05) is 12.4 Å². The van der Waals surface area contributed by atoms with Crippen molar-refractivity contribution in [2.45, 2.75) is 20.3 Å². The summed E-state index contributed by atoms with van der Waals surface area (Å²) < 4.78 is 4.54. The molecular formula is C12H15N5O4. The third-order valence-corrected chi connectivity index (χ3v) is 2.77. The summed E-state index contributed by atoms with van der Waals surface area (Å²) in [5, 5.41) is 19.1. The predicted octanol–water partition coefficient (Wildman–Crippen LogP) is 0.368. The lowest BCUT2D eigenvalue weighted by atomic mass is 10.2. The summed E-state index contributed by atoms with van der Waals surface area (Å²) in [5.74, 6) is -1.43. The number of carbonyl (C=O) groups excluding carboxylic acids is 2. The van der Waals surface area contributed by atoms with Gasteiger partial charge in [-0.15, -0.1) is 0 Å². The van der Waals surface area contributed by atoms with Crippen LogP contribution in [0, 0.1) is 5.92 Å². The lowest BCUT2D eigenvalue weighted by Gasteiger charge is -2.06. The molecule has 0 aliphatic heterocycles. The first kappa shape index (κ1) is 14.7. The van der Waals surface area contributed by atoms with Gasteiger partial charge in [0.25, 0.3) is 0 Å². The van der Waals surface area contributed by atoms with Crippen LogP contribution in [0.15, 0.2) is 0 Å². The molecule has 9 nitrogen and oxygen atoms in total. The van der Waals surface area contributed by atoms with Crippen LogP contribution in [0.2, 0.25) is 0 Å². The molecule has 2 heterocycles. The number of H-pyrrole nitrogens is 1. The molecule has 2 rings (SSSR count). The smallest absolute Gasteiger partial charge is 0.311 e. The second kappa shape index (κ2) is 5.73. The first-order valence-corrected chi connectivity index (χ1v) is 6.24. The average molecular weight is 293 g/mol. The highest BCUT2D eigenvalue weighted by atomic mass is 16.5. The van der Waals surface area contributed by atoms with E-state index in [-0.39, 0.29) is 46.8 Å². The van der Waals surface area contributed by atoms with Gasteiger partial charge in [-0.3, -0.25) is 20.0 Å². The van der Waals surface area contributed by atoms with Crippen LogP contribution < -0.4 is 5.32 Å². The van der Waals surface area contributed by atoms with E-state index in [1.54, 1.807) is 13.8 Å². The Morgan fingerprint density at radius 1 is 1.38 bits per heavy atom. The molecule has 0 unspecified atom stereocenters. The minimum Gasteiger partial charge on any atom is -0.493 e. The Balaban J connectivity index is 2.35. The van der Waals surface area contributed by atoms with E-state index in [9.17, 15) is 14.7 Å². The van der Waals surface area contributed by atoms with E-state index in [4.69, 9.17) is 0 Å². The van der Waals surface area contributed by atoms with Crippen molar-refractivity contribution in [1.29, 1.82) is 0 Å². The molecule has 112 valence electrons. The molecule has 2 aromatic heterocycles. The van der Waals surface area contributed by atoms with Gasteiger partial charge < -0.3 is 9.84 Å². The van der Waals surface area contributed by atoms with Crippen molar-refractivity contribution in [1.82, 2.24) is 20.2 Å². The van der Waals surface area contributed by atoms with Crippen LogP contribution >= 0.6 is 0 Å². The molecule has 0 aliphatic carbocycles. The molecule has 9 heteroatoms. The molecule has 0 aliphatic rings. The van der Waals surface area contributed by atoms with Gasteiger partial charge in [0.2, 0.25) is 17.7 Å². The Hall–Kier alpha value is -2.71. The maximum absolute atomic E-state index is 11.6. The summed E-state index contributed by atoms with van der Waals surface area (Å²) in [6.45, 7) is 3.44. The number of anilines is 1. The zero-order valence-corrected chi connectivity index (χ0v) is 11.8. The SMILES string of the molecule is COC(=O)Cc1n[nH]c2nc(NC(=O)C(C)C)nc(O)c12. The van der Waals surface area contributed by atoms with Gasteiger partial charge >= 0.3 is 5.97 Å². The predicted molar refractivity (Wildman–Crippen MR) is 72.5 cm³/mol. The summed E-state index contributed by atoms with van der Waals surface area (Å²) in [6, 6.07) is 0. The Kier molecular flexibility index (Phi) is 4.01. The van der Waals surface area contributed by atoms with Crippen molar-refractivity contribution < 1.29 is 19.4 Å².